The lowest BCUT2D eigenvalue weighted by atomic mass is 10.0. The van der Waals surface area contributed by atoms with Crippen molar-refractivity contribution in [3.63, 3.8) is 0 Å². The lowest BCUT2D eigenvalue weighted by Gasteiger charge is -2.37. The fourth-order valence-electron chi connectivity index (χ4n) is 4.27. The zero-order valence-corrected chi connectivity index (χ0v) is 17.6. The normalized spacial score (nSPS) is 17.3. The Bertz CT molecular complexity index is 916. The molecule has 0 N–H and O–H groups in total. The Morgan fingerprint density at radius 2 is 1.33 bits per heavy atom. The first-order valence-electron chi connectivity index (χ1n) is 10.9. The average Bonchev–Trinajstić information content (AvgIpc) is 3.05. The van der Waals surface area contributed by atoms with E-state index in [9.17, 15) is 9.59 Å². The van der Waals surface area contributed by atoms with E-state index < -0.39 is 0 Å². The largest absolute Gasteiger partial charge is 0.368 e. The summed E-state index contributed by atoms with van der Waals surface area (Å²) in [6.45, 7) is 5.72. The highest BCUT2D eigenvalue weighted by Gasteiger charge is 2.41. The highest BCUT2D eigenvalue weighted by atomic mass is 16.2. The van der Waals surface area contributed by atoms with Crippen LogP contribution < -0.4 is 4.90 Å². The molecule has 1 fully saturated rings. The maximum Gasteiger partial charge on any atom is 0.277 e. The molecule has 2 aromatic carbocycles. The summed E-state index contributed by atoms with van der Waals surface area (Å²) in [4.78, 5) is 32.5. The number of piperazine rings is 1. The van der Waals surface area contributed by atoms with Crippen molar-refractivity contribution < 1.29 is 9.59 Å². The van der Waals surface area contributed by atoms with Gasteiger partial charge in [0, 0.05) is 38.4 Å². The minimum atomic E-state index is -0.150. The van der Waals surface area contributed by atoms with Crippen LogP contribution >= 0.6 is 0 Å². The molecule has 0 spiro atoms. The van der Waals surface area contributed by atoms with Gasteiger partial charge in [-0.1, -0.05) is 68.3 Å². The number of hydrogen-bond acceptors (Lipinski definition) is 4. The molecular formula is C25H29N3O2. The van der Waals surface area contributed by atoms with Crippen LogP contribution in [0.1, 0.15) is 31.7 Å². The molecule has 1 saturated heterocycles. The molecule has 0 unspecified atom stereocenters. The molecule has 2 heterocycles. The molecule has 2 aliphatic rings. The number of carbonyl (C=O) groups is 2. The first kappa shape index (κ1) is 20.2. The second kappa shape index (κ2) is 9.16. The lowest BCUT2D eigenvalue weighted by molar-refractivity contribution is -0.137. The van der Waals surface area contributed by atoms with Gasteiger partial charge in [0.25, 0.3) is 11.8 Å². The molecule has 0 bridgehead atoms. The molecule has 2 amide bonds. The third-order valence-corrected chi connectivity index (χ3v) is 5.91. The van der Waals surface area contributed by atoms with Crippen molar-refractivity contribution >= 4 is 23.1 Å². The zero-order chi connectivity index (χ0) is 20.9. The summed E-state index contributed by atoms with van der Waals surface area (Å²) in [5, 5.41) is 0. The molecular weight excluding hydrogens is 374 g/mol. The predicted molar refractivity (Wildman–Crippen MR) is 120 cm³/mol. The summed E-state index contributed by atoms with van der Waals surface area (Å²) in [5.41, 5.74) is 3.17. The van der Waals surface area contributed by atoms with E-state index in [1.54, 1.807) is 0 Å². The molecule has 0 aromatic heterocycles. The number of para-hydroxylation sites is 1. The van der Waals surface area contributed by atoms with E-state index in [0.29, 0.717) is 17.8 Å². The number of anilines is 1. The van der Waals surface area contributed by atoms with Crippen LogP contribution in [0.25, 0.3) is 5.57 Å². The summed E-state index contributed by atoms with van der Waals surface area (Å²) >= 11 is 0. The second-order valence-electron chi connectivity index (χ2n) is 7.87. The Hall–Kier alpha value is -3.08. The van der Waals surface area contributed by atoms with Gasteiger partial charge >= 0.3 is 0 Å². The number of nitrogens with zero attached hydrogens (tertiary/aromatic N) is 3. The smallest absolute Gasteiger partial charge is 0.277 e. The SMILES string of the molecule is CCCCCN1C(=O)C(c2ccccc2)=C(N2CCN(c3ccccc3)CC2)C1=O. The van der Waals surface area contributed by atoms with Gasteiger partial charge in [-0.3, -0.25) is 14.5 Å². The summed E-state index contributed by atoms with van der Waals surface area (Å²) in [7, 11) is 0. The van der Waals surface area contributed by atoms with Crippen LogP contribution in [0, 0.1) is 0 Å². The van der Waals surface area contributed by atoms with Crippen molar-refractivity contribution in [2.75, 3.05) is 37.6 Å². The van der Waals surface area contributed by atoms with Gasteiger partial charge in [-0.05, 0) is 24.1 Å². The summed E-state index contributed by atoms with van der Waals surface area (Å²) in [6, 6.07) is 20.0. The molecule has 2 aromatic rings. The van der Waals surface area contributed by atoms with E-state index in [-0.39, 0.29) is 11.8 Å². The Morgan fingerprint density at radius 1 is 0.733 bits per heavy atom. The average molecular weight is 404 g/mol. The van der Waals surface area contributed by atoms with Gasteiger partial charge in [0.15, 0.2) is 0 Å². The van der Waals surface area contributed by atoms with Crippen molar-refractivity contribution in [2.24, 2.45) is 0 Å². The van der Waals surface area contributed by atoms with Crippen LogP contribution in [0.15, 0.2) is 66.4 Å². The molecule has 2 aliphatic heterocycles. The first-order chi connectivity index (χ1) is 14.7. The van der Waals surface area contributed by atoms with Crippen LogP contribution in [0.3, 0.4) is 0 Å². The quantitative estimate of drug-likeness (QED) is 0.521. The van der Waals surface area contributed by atoms with Gasteiger partial charge in [-0.15, -0.1) is 0 Å². The minimum absolute atomic E-state index is 0.136. The maximum absolute atomic E-state index is 13.3. The number of hydrogen-bond donors (Lipinski definition) is 0. The maximum atomic E-state index is 13.3. The topological polar surface area (TPSA) is 43.9 Å². The Balaban J connectivity index is 1.59. The van der Waals surface area contributed by atoms with E-state index in [0.717, 1.165) is 51.0 Å². The third-order valence-electron chi connectivity index (χ3n) is 5.91. The highest BCUT2D eigenvalue weighted by molar-refractivity contribution is 6.35. The van der Waals surface area contributed by atoms with Gasteiger partial charge in [-0.2, -0.15) is 0 Å². The van der Waals surface area contributed by atoms with Crippen molar-refractivity contribution in [1.29, 1.82) is 0 Å². The number of imide groups is 1. The molecule has 5 nitrogen and oxygen atoms in total. The molecule has 5 heteroatoms. The zero-order valence-electron chi connectivity index (χ0n) is 17.6. The van der Waals surface area contributed by atoms with Gasteiger partial charge in [0.05, 0.1) is 5.57 Å². The second-order valence-corrected chi connectivity index (χ2v) is 7.87. The molecule has 0 atom stereocenters. The van der Waals surface area contributed by atoms with E-state index in [1.807, 2.05) is 48.5 Å². The van der Waals surface area contributed by atoms with Crippen LogP contribution in [0.4, 0.5) is 5.69 Å². The first-order valence-corrected chi connectivity index (χ1v) is 10.9. The Labute approximate surface area is 178 Å². The van der Waals surface area contributed by atoms with Crippen molar-refractivity contribution in [3.05, 3.63) is 71.9 Å². The minimum Gasteiger partial charge on any atom is -0.368 e. The highest BCUT2D eigenvalue weighted by Crippen LogP contribution is 2.32. The molecule has 4 rings (SSSR count). The van der Waals surface area contributed by atoms with E-state index >= 15 is 0 Å². The fraction of sp³-hybridized carbons (Fsp3) is 0.360. The monoisotopic (exact) mass is 403 g/mol. The van der Waals surface area contributed by atoms with Crippen molar-refractivity contribution in [2.45, 2.75) is 26.2 Å². The number of benzene rings is 2. The van der Waals surface area contributed by atoms with E-state index in [4.69, 9.17) is 0 Å². The van der Waals surface area contributed by atoms with Gasteiger partial charge in [-0.25, -0.2) is 0 Å². The number of rotatable bonds is 7. The van der Waals surface area contributed by atoms with Crippen LogP contribution in [0.5, 0.6) is 0 Å². The van der Waals surface area contributed by atoms with E-state index in [2.05, 4.69) is 28.9 Å². The van der Waals surface area contributed by atoms with Crippen molar-refractivity contribution in [3.8, 4) is 0 Å². The Kier molecular flexibility index (Phi) is 6.17. The van der Waals surface area contributed by atoms with Gasteiger partial charge < -0.3 is 9.80 Å². The molecule has 156 valence electrons. The molecule has 30 heavy (non-hydrogen) atoms. The summed E-state index contributed by atoms with van der Waals surface area (Å²) in [6.07, 6.45) is 2.93. The summed E-state index contributed by atoms with van der Waals surface area (Å²) < 4.78 is 0. The predicted octanol–water partition coefficient (Wildman–Crippen LogP) is 3.78. The Morgan fingerprint density at radius 3 is 1.97 bits per heavy atom. The van der Waals surface area contributed by atoms with Crippen LogP contribution in [-0.4, -0.2) is 54.3 Å². The molecule has 0 saturated carbocycles. The fourth-order valence-corrected chi connectivity index (χ4v) is 4.27. The summed E-state index contributed by atoms with van der Waals surface area (Å²) in [5.74, 6) is -0.286. The van der Waals surface area contributed by atoms with Crippen LogP contribution in [0.2, 0.25) is 0 Å². The standard InChI is InChI=1S/C25H29N3O2/c1-2-3-10-15-28-24(29)22(20-11-6-4-7-12-20)23(25(28)30)27-18-16-26(17-19-27)21-13-8-5-9-14-21/h4-9,11-14H,2-3,10,15-19H2,1H3. The van der Waals surface area contributed by atoms with Crippen LogP contribution in [-0.2, 0) is 9.59 Å². The lowest BCUT2D eigenvalue weighted by Crippen LogP contribution is -2.47. The van der Waals surface area contributed by atoms with E-state index in [1.165, 1.54) is 10.6 Å². The number of carbonyl (C=O) groups excluding carboxylic acids is 2. The number of unbranched alkanes of at least 4 members (excludes halogenated alkanes) is 2. The van der Waals surface area contributed by atoms with Crippen molar-refractivity contribution in [1.82, 2.24) is 9.80 Å². The van der Waals surface area contributed by atoms with Gasteiger partial charge in [0.1, 0.15) is 5.70 Å². The molecule has 0 radical (unpaired) electrons. The molecule has 0 aliphatic carbocycles. The third kappa shape index (κ3) is 3.97. The van der Waals surface area contributed by atoms with Gasteiger partial charge in [0.2, 0.25) is 0 Å². The number of amides is 2.